The van der Waals surface area contributed by atoms with Gasteiger partial charge in [0.2, 0.25) is 0 Å². The van der Waals surface area contributed by atoms with Crippen molar-refractivity contribution in [2.75, 3.05) is 13.1 Å². The Morgan fingerprint density at radius 3 is 2.44 bits per heavy atom. The molecule has 0 aliphatic heterocycles. The fourth-order valence-corrected chi connectivity index (χ4v) is 2.05. The molecule has 0 fully saturated rings. The van der Waals surface area contributed by atoms with Crippen molar-refractivity contribution in [3.63, 3.8) is 0 Å². The molecule has 0 aromatic heterocycles. The molecule has 2 heteroatoms. The molecule has 0 saturated heterocycles. The second-order valence-corrected chi connectivity index (χ2v) is 5.16. The summed E-state index contributed by atoms with van der Waals surface area (Å²) in [5.41, 5.74) is 8.49. The largest absolute Gasteiger partial charge is 0.329 e. The van der Waals surface area contributed by atoms with E-state index in [2.05, 4.69) is 50.0 Å². The van der Waals surface area contributed by atoms with Gasteiger partial charge in [-0.05, 0) is 36.4 Å². The molecule has 0 amide bonds. The maximum absolute atomic E-state index is 5.82. The van der Waals surface area contributed by atoms with Crippen LogP contribution in [0.2, 0.25) is 0 Å². The molecule has 0 bridgehead atoms. The average Bonchev–Trinajstić information content (AvgIpc) is 2.35. The van der Waals surface area contributed by atoms with Crippen LogP contribution in [-0.2, 0) is 6.42 Å². The van der Waals surface area contributed by atoms with Crippen LogP contribution < -0.4 is 11.1 Å². The molecule has 0 radical (unpaired) electrons. The summed E-state index contributed by atoms with van der Waals surface area (Å²) in [6.45, 7) is 9.77. The first-order valence-corrected chi connectivity index (χ1v) is 6.80. The Bertz CT molecular complexity index is 341. The van der Waals surface area contributed by atoms with Gasteiger partial charge in [0.05, 0.1) is 0 Å². The SMILES string of the molecule is C=CCCNC(CN)c1ccc(CC(C)C)cc1. The van der Waals surface area contributed by atoms with Crippen molar-refractivity contribution >= 4 is 0 Å². The Kier molecular flexibility index (Phi) is 6.69. The van der Waals surface area contributed by atoms with Gasteiger partial charge in [-0.2, -0.15) is 0 Å². The highest BCUT2D eigenvalue weighted by molar-refractivity contribution is 5.25. The van der Waals surface area contributed by atoms with Crippen LogP contribution in [0.15, 0.2) is 36.9 Å². The summed E-state index contributed by atoms with van der Waals surface area (Å²) in [6, 6.07) is 9.06. The Morgan fingerprint density at radius 2 is 1.94 bits per heavy atom. The third-order valence-electron chi connectivity index (χ3n) is 3.00. The molecule has 1 rings (SSSR count). The predicted molar refractivity (Wildman–Crippen MR) is 79.6 cm³/mol. The average molecular weight is 246 g/mol. The standard InChI is InChI=1S/C16H26N2/c1-4-5-10-18-16(12-17)15-8-6-14(7-9-15)11-13(2)3/h4,6-9,13,16,18H,1,5,10-12,17H2,2-3H3. The first-order valence-electron chi connectivity index (χ1n) is 6.80. The molecule has 18 heavy (non-hydrogen) atoms. The topological polar surface area (TPSA) is 38.0 Å². The van der Waals surface area contributed by atoms with Crippen molar-refractivity contribution in [2.45, 2.75) is 32.7 Å². The highest BCUT2D eigenvalue weighted by Gasteiger charge is 2.08. The third kappa shape index (κ3) is 5.03. The van der Waals surface area contributed by atoms with Crippen LogP contribution in [0.4, 0.5) is 0 Å². The van der Waals surface area contributed by atoms with Crippen molar-refractivity contribution in [3.05, 3.63) is 48.0 Å². The molecule has 0 saturated carbocycles. The lowest BCUT2D eigenvalue weighted by Gasteiger charge is -2.17. The van der Waals surface area contributed by atoms with E-state index in [1.165, 1.54) is 11.1 Å². The van der Waals surface area contributed by atoms with E-state index in [4.69, 9.17) is 5.73 Å². The monoisotopic (exact) mass is 246 g/mol. The molecular weight excluding hydrogens is 220 g/mol. The quantitative estimate of drug-likeness (QED) is 0.546. The second-order valence-electron chi connectivity index (χ2n) is 5.16. The van der Waals surface area contributed by atoms with Gasteiger partial charge in [0, 0.05) is 12.6 Å². The molecule has 0 aliphatic rings. The summed E-state index contributed by atoms with van der Waals surface area (Å²) in [7, 11) is 0. The predicted octanol–water partition coefficient (Wildman–Crippen LogP) is 3.05. The number of nitrogens with one attached hydrogen (secondary N) is 1. The van der Waals surface area contributed by atoms with Gasteiger partial charge in [-0.3, -0.25) is 0 Å². The van der Waals surface area contributed by atoms with E-state index < -0.39 is 0 Å². The van der Waals surface area contributed by atoms with E-state index in [1.54, 1.807) is 0 Å². The van der Waals surface area contributed by atoms with Gasteiger partial charge in [-0.1, -0.05) is 44.2 Å². The number of nitrogens with two attached hydrogens (primary N) is 1. The van der Waals surface area contributed by atoms with Crippen LogP contribution in [-0.4, -0.2) is 13.1 Å². The highest BCUT2D eigenvalue weighted by Crippen LogP contribution is 2.15. The van der Waals surface area contributed by atoms with Gasteiger partial charge >= 0.3 is 0 Å². The van der Waals surface area contributed by atoms with Crippen LogP contribution in [0, 0.1) is 5.92 Å². The van der Waals surface area contributed by atoms with Gasteiger partial charge in [0.25, 0.3) is 0 Å². The lowest BCUT2D eigenvalue weighted by atomic mass is 9.99. The summed E-state index contributed by atoms with van der Waals surface area (Å²) in [6.07, 6.45) is 4.03. The summed E-state index contributed by atoms with van der Waals surface area (Å²) in [4.78, 5) is 0. The van der Waals surface area contributed by atoms with Crippen LogP contribution in [0.1, 0.15) is 37.4 Å². The maximum Gasteiger partial charge on any atom is 0.0444 e. The van der Waals surface area contributed by atoms with Crippen molar-refractivity contribution in [1.29, 1.82) is 0 Å². The van der Waals surface area contributed by atoms with Gasteiger partial charge in [-0.25, -0.2) is 0 Å². The van der Waals surface area contributed by atoms with E-state index >= 15 is 0 Å². The van der Waals surface area contributed by atoms with E-state index in [-0.39, 0.29) is 6.04 Å². The van der Waals surface area contributed by atoms with Crippen molar-refractivity contribution in [2.24, 2.45) is 11.7 Å². The third-order valence-corrected chi connectivity index (χ3v) is 3.00. The molecule has 0 aliphatic carbocycles. The summed E-state index contributed by atoms with van der Waals surface area (Å²) in [5, 5.41) is 3.45. The number of rotatable bonds is 8. The Balaban J connectivity index is 2.60. The highest BCUT2D eigenvalue weighted by atomic mass is 14.9. The minimum absolute atomic E-state index is 0.248. The summed E-state index contributed by atoms with van der Waals surface area (Å²) < 4.78 is 0. The molecule has 2 nitrogen and oxygen atoms in total. The van der Waals surface area contributed by atoms with Crippen LogP contribution in [0.25, 0.3) is 0 Å². The van der Waals surface area contributed by atoms with Gasteiger partial charge < -0.3 is 11.1 Å². The van der Waals surface area contributed by atoms with Crippen LogP contribution in [0.3, 0.4) is 0 Å². The summed E-state index contributed by atoms with van der Waals surface area (Å²) >= 11 is 0. The molecule has 1 aromatic rings. The smallest absolute Gasteiger partial charge is 0.0444 e. The Morgan fingerprint density at radius 1 is 1.28 bits per heavy atom. The molecule has 1 unspecified atom stereocenters. The fraction of sp³-hybridized carbons (Fsp3) is 0.500. The molecular formula is C16H26N2. The molecule has 100 valence electrons. The summed E-state index contributed by atoms with van der Waals surface area (Å²) in [5.74, 6) is 0.701. The number of hydrogen-bond donors (Lipinski definition) is 2. The zero-order chi connectivity index (χ0) is 13.4. The molecule has 0 spiro atoms. The first-order chi connectivity index (χ1) is 8.67. The minimum Gasteiger partial charge on any atom is -0.329 e. The zero-order valence-corrected chi connectivity index (χ0v) is 11.7. The van der Waals surface area contributed by atoms with Gasteiger partial charge in [-0.15, -0.1) is 6.58 Å². The second kappa shape index (κ2) is 8.06. The molecule has 3 N–H and O–H groups in total. The lowest BCUT2D eigenvalue weighted by molar-refractivity contribution is 0.548. The van der Waals surface area contributed by atoms with Crippen LogP contribution in [0.5, 0.6) is 0 Å². The van der Waals surface area contributed by atoms with E-state index in [9.17, 15) is 0 Å². The Hall–Kier alpha value is -1.12. The van der Waals surface area contributed by atoms with Crippen molar-refractivity contribution in [3.8, 4) is 0 Å². The van der Waals surface area contributed by atoms with Crippen LogP contribution >= 0.6 is 0 Å². The zero-order valence-electron chi connectivity index (χ0n) is 11.7. The fourth-order valence-electron chi connectivity index (χ4n) is 2.05. The normalized spacial score (nSPS) is 12.7. The van der Waals surface area contributed by atoms with E-state index in [0.717, 1.165) is 19.4 Å². The van der Waals surface area contributed by atoms with E-state index in [1.807, 2.05) is 6.08 Å². The van der Waals surface area contributed by atoms with Crippen molar-refractivity contribution < 1.29 is 0 Å². The lowest BCUT2D eigenvalue weighted by Crippen LogP contribution is -2.28. The molecule has 0 heterocycles. The van der Waals surface area contributed by atoms with E-state index in [0.29, 0.717) is 12.5 Å². The molecule has 1 atom stereocenters. The van der Waals surface area contributed by atoms with Crippen molar-refractivity contribution in [1.82, 2.24) is 5.32 Å². The number of hydrogen-bond acceptors (Lipinski definition) is 2. The minimum atomic E-state index is 0.248. The van der Waals surface area contributed by atoms with Gasteiger partial charge in [0.1, 0.15) is 0 Å². The molecule has 1 aromatic carbocycles. The number of benzene rings is 1. The Labute approximate surface area is 111 Å². The first kappa shape index (κ1) is 14.9. The maximum atomic E-state index is 5.82. The van der Waals surface area contributed by atoms with Gasteiger partial charge in [0.15, 0.2) is 0 Å².